The summed E-state index contributed by atoms with van der Waals surface area (Å²) in [6.45, 7) is 3.67. The van der Waals surface area contributed by atoms with E-state index < -0.39 is 0 Å². The fraction of sp³-hybridized carbons (Fsp3) is 0.200. The minimum absolute atomic E-state index is 0.243. The van der Waals surface area contributed by atoms with Crippen LogP contribution < -0.4 is 10.2 Å². The highest BCUT2D eigenvalue weighted by Crippen LogP contribution is 2.24. The van der Waals surface area contributed by atoms with Crippen LogP contribution in [0, 0.1) is 13.8 Å². The highest BCUT2D eigenvalue weighted by atomic mass is 16.5. The number of benzene rings is 1. The highest BCUT2D eigenvalue weighted by molar-refractivity contribution is 6.04. The normalized spacial score (nSPS) is 11.0. The third-order valence-electron chi connectivity index (χ3n) is 4.51. The van der Waals surface area contributed by atoms with Gasteiger partial charge < -0.3 is 14.7 Å². The van der Waals surface area contributed by atoms with Crippen molar-refractivity contribution < 1.29 is 9.32 Å². The first-order valence-corrected chi connectivity index (χ1v) is 8.79. The molecule has 0 aliphatic rings. The van der Waals surface area contributed by atoms with Gasteiger partial charge in [-0.2, -0.15) is 4.98 Å². The average molecular weight is 376 g/mol. The Hall–Kier alpha value is -3.68. The number of aromatic nitrogens is 4. The molecule has 0 unspecified atom stereocenters. The summed E-state index contributed by atoms with van der Waals surface area (Å²) in [5, 5.41) is 6.91. The number of hydrogen-bond donors (Lipinski definition) is 1. The predicted molar refractivity (Wildman–Crippen MR) is 107 cm³/mol. The number of carbonyl (C=O) groups is 1. The van der Waals surface area contributed by atoms with Gasteiger partial charge in [0.25, 0.3) is 5.91 Å². The van der Waals surface area contributed by atoms with Gasteiger partial charge in [0.05, 0.1) is 11.9 Å². The average Bonchev–Trinajstić information content (AvgIpc) is 3.29. The summed E-state index contributed by atoms with van der Waals surface area (Å²) in [5.41, 5.74) is 4.53. The van der Waals surface area contributed by atoms with E-state index in [1.807, 2.05) is 62.4 Å². The maximum Gasteiger partial charge on any atom is 0.274 e. The second-order valence-electron chi connectivity index (χ2n) is 6.77. The van der Waals surface area contributed by atoms with E-state index in [9.17, 15) is 4.79 Å². The molecule has 4 aromatic rings. The largest absolute Gasteiger partial charge is 0.376 e. The van der Waals surface area contributed by atoms with Crippen molar-refractivity contribution in [3.05, 3.63) is 59.9 Å². The van der Waals surface area contributed by atoms with Crippen molar-refractivity contribution in [2.45, 2.75) is 13.8 Å². The van der Waals surface area contributed by atoms with Crippen LogP contribution in [0.2, 0.25) is 0 Å². The highest BCUT2D eigenvalue weighted by Gasteiger charge is 2.15. The number of amides is 1. The summed E-state index contributed by atoms with van der Waals surface area (Å²) < 4.78 is 6.83. The number of rotatable bonds is 4. The number of nitrogens with zero attached hydrogens (tertiary/aromatic N) is 5. The minimum Gasteiger partial charge on any atom is -0.376 e. The van der Waals surface area contributed by atoms with Gasteiger partial charge in [-0.1, -0.05) is 17.3 Å². The molecule has 3 aromatic heterocycles. The number of imidazole rings is 1. The Kier molecular flexibility index (Phi) is 4.31. The Labute approximate surface area is 161 Å². The van der Waals surface area contributed by atoms with Crippen molar-refractivity contribution in [3.8, 4) is 11.4 Å². The zero-order valence-corrected chi connectivity index (χ0v) is 16.1. The zero-order chi connectivity index (χ0) is 19.8. The Morgan fingerprint density at radius 1 is 1.18 bits per heavy atom. The lowest BCUT2D eigenvalue weighted by Crippen LogP contribution is -2.16. The van der Waals surface area contributed by atoms with Crippen LogP contribution in [0.4, 0.5) is 11.4 Å². The Morgan fingerprint density at radius 2 is 2.00 bits per heavy atom. The minimum atomic E-state index is -0.243. The van der Waals surface area contributed by atoms with Crippen LogP contribution in [-0.4, -0.2) is 39.5 Å². The van der Waals surface area contributed by atoms with E-state index in [-0.39, 0.29) is 5.91 Å². The van der Waals surface area contributed by atoms with E-state index in [1.54, 1.807) is 17.5 Å². The lowest BCUT2D eigenvalue weighted by Gasteiger charge is -2.13. The van der Waals surface area contributed by atoms with Crippen molar-refractivity contribution in [1.29, 1.82) is 0 Å². The van der Waals surface area contributed by atoms with Crippen LogP contribution in [0.3, 0.4) is 0 Å². The Morgan fingerprint density at radius 3 is 2.71 bits per heavy atom. The van der Waals surface area contributed by atoms with Gasteiger partial charge in [-0.15, -0.1) is 0 Å². The van der Waals surface area contributed by atoms with Crippen LogP contribution >= 0.6 is 0 Å². The summed E-state index contributed by atoms with van der Waals surface area (Å²) in [4.78, 5) is 23.5. The summed E-state index contributed by atoms with van der Waals surface area (Å²) in [6, 6.07) is 9.50. The molecule has 1 aromatic carbocycles. The number of hydrogen-bond acceptors (Lipinski definition) is 6. The molecule has 3 heterocycles. The number of aryl methyl sites for hydroxylation is 2. The van der Waals surface area contributed by atoms with Gasteiger partial charge in [0.15, 0.2) is 0 Å². The molecule has 0 fully saturated rings. The summed E-state index contributed by atoms with van der Waals surface area (Å²) >= 11 is 0. The zero-order valence-electron chi connectivity index (χ0n) is 16.1. The molecule has 1 amide bonds. The van der Waals surface area contributed by atoms with Crippen molar-refractivity contribution >= 4 is 22.9 Å². The number of anilines is 2. The first kappa shape index (κ1) is 17.7. The van der Waals surface area contributed by atoms with Gasteiger partial charge >= 0.3 is 0 Å². The molecular formula is C20H20N6O2. The summed E-state index contributed by atoms with van der Waals surface area (Å²) in [6.07, 6.45) is 3.47. The number of carbonyl (C=O) groups excluding carboxylic acids is 1. The molecule has 8 heteroatoms. The lowest BCUT2D eigenvalue weighted by atomic mass is 10.1. The molecule has 28 heavy (non-hydrogen) atoms. The number of fused-ring (bicyclic) bond motifs is 1. The first-order chi connectivity index (χ1) is 13.4. The van der Waals surface area contributed by atoms with E-state index in [2.05, 4.69) is 20.4 Å². The van der Waals surface area contributed by atoms with Gasteiger partial charge in [0.1, 0.15) is 11.3 Å². The molecule has 8 nitrogen and oxygen atoms in total. The molecule has 0 radical (unpaired) electrons. The molecule has 1 N–H and O–H groups in total. The van der Waals surface area contributed by atoms with Crippen LogP contribution in [0.15, 0.2) is 47.2 Å². The maximum absolute atomic E-state index is 12.9. The SMILES string of the molecule is Cc1nc(-c2ccc(C)c(NC(=O)c3cnc4ccc(N(C)C)cn34)c2)no1. The van der Waals surface area contributed by atoms with E-state index in [4.69, 9.17) is 4.52 Å². The molecule has 0 aliphatic heterocycles. The molecular weight excluding hydrogens is 356 g/mol. The van der Waals surface area contributed by atoms with Crippen LogP contribution in [0.1, 0.15) is 21.9 Å². The van der Waals surface area contributed by atoms with Crippen molar-refractivity contribution in [3.63, 3.8) is 0 Å². The lowest BCUT2D eigenvalue weighted by molar-refractivity contribution is 0.102. The van der Waals surface area contributed by atoms with Crippen molar-refractivity contribution in [2.75, 3.05) is 24.3 Å². The van der Waals surface area contributed by atoms with Crippen LogP contribution in [0.25, 0.3) is 17.0 Å². The summed E-state index contributed by atoms with van der Waals surface area (Å²) in [7, 11) is 3.90. The van der Waals surface area contributed by atoms with Gasteiger partial charge in [-0.05, 0) is 30.7 Å². The fourth-order valence-corrected chi connectivity index (χ4v) is 2.90. The van der Waals surface area contributed by atoms with Crippen molar-refractivity contribution in [1.82, 2.24) is 19.5 Å². The second-order valence-corrected chi connectivity index (χ2v) is 6.77. The van der Waals surface area contributed by atoms with E-state index in [0.29, 0.717) is 28.7 Å². The Bertz CT molecular complexity index is 1170. The van der Waals surface area contributed by atoms with Gasteiger partial charge in [0.2, 0.25) is 11.7 Å². The molecule has 0 bridgehead atoms. The molecule has 142 valence electrons. The molecule has 4 rings (SSSR count). The third-order valence-corrected chi connectivity index (χ3v) is 4.51. The molecule has 0 aliphatic carbocycles. The van der Waals surface area contributed by atoms with Crippen LogP contribution in [0.5, 0.6) is 0 Å². The Balaban J connectivity index is 1.67. The monoisotopic (exact) mass is 376 g/mol. The first-order valence-electron chi connectivity index (χ1n) is 8.79. The standard InChI is InChI=1S/C20H20N6O2/c1-12-5-6-14(19-22-13(2)28-24-19)9-16(12)23-20(27)17-10-21-18-8-7-15(25(3)4)11-26(17)18/h5-11H,1-4H3,(H,23,27). The molecule has 0 spiro atoms. The molecule has 0 atom stereocenters. The quantitative estimate of drug-likeness (QED) is 0.588. The predicted octanol–water partition coefficient (Wildman–Crippen LogP) is 3.32. The maximum atomic E-state index is 12.9. The number of pyridine rings is 1. The van der Waals surface area contributed by atoms with E-state index in [0.717, 1.165) is 16.8 Å². The molecule has 0 saturated carbocycles. The third kappa shape index (κ3) is 3.20. The van der Waals surface area contributed by atoms with Gasteiger partial charge in [0, 0.05) is 38.5 Å². The second kappa shape index (κ2) is 6.80. The van der Waals surface area contributed by atoms with Crippen molar-refractivity contribution in [2.24, 2.45) is 0 Å². The van der Waals surface area contributed by atoms with Crippen LogP contribution in [-0.2, 0) is 0 Å². The number of nitrogens with one attached hydrogen (secondary N) is 1. The summed E-state index contributed by atoms with van der Waals surface area (Å²) in [5.74, 6) is 0.731. The molecule has 0 saturated heterocycles. The van der Waals surface area contributed by atoms with E-state index in [1.165, 1.54) is 0 Å². The smallest absolute Gasteiger partial charge is 0.274 e. The van der Waals surface area contributed by atoms with Gasteiger partial charge in [-0.3, -0.25) is 9.20 Å². The fourth-order valence-electron chi connectivity index (χ4n) is 2.90. The topological polar surface area (TPSA) is 88.6 Å². The van der Waals surface area contributed by atoms with E-state index >= 15 is 0 Å². The van der Waals surface area contributed by atoms with Gasteiger partial charge in [-0.25, -0.2) is 4.98 Å².